The smallest absolute Gasteiger partial charge is 0.122 e. The maximum absolute atomic E-state index is 5.76. The largest absolute Gasteiger partial charge is 0.497 e. The molecule has 0 aromatic heterocycles. The Balaban J connectivity index is 2.05. The molecule has 0 heterocycles. The fourth-order valence-corrected chi connectivity index (χ4v) is 3.05. The summed E-state index contributed by atoms with van der Waals surface area (Å²) in [5.74, 6) is 0.857. The molecule has 1 saturated carbocycles. The Hall–Kier alpha value is -0.740. The van der Waals surface area contributed by atoms with Crippen LogP contribution in [0.25, 0.3) is 0 Å². The highest BCUT2D eigenvalue weighted by Crippen LogP contribution is 2.44. The van der Waals surface area contributed by atoms with Crippen LogP contribution in [0.4, 0.5) is 5.69 Å². The second-order valence-electron chi connectivity index (χ2n) is 5.58. The molecule has 0 radical (unpaired) electrons. The minimum atomic E-state index is 0.158. The average molecular weight is 328 g/mol. The standard InChI is InChI=1S/C15H22BrNO2/c1-5-19-14-9-13(15(14,2)3)17-11-6-10(16)7-12(8-11)18-4/h6-8,13-14,17H,5,9H2,1-4H3. The molecule has 0 bridgehead atoms. The Morgan fingerprint density at radius 3 is 2.68 bits per heavy atom. The van der Waals surface area contributed by atoms with E-state index in [4.69, 9.17) is 9.47 Å². The molecule has 1 aliphatic rings. The molecule has 19 heavy (non-hydrogen) atoms. The van der Waals surface area contributed by atoms with Gasteiger partial charge in [-0.25, -0.2) is 0 Å². The summed E-state index contributed by atoms with van der Waals surface area (Å²) in [6, 6.07) is 6.49. The molecule has 0 saturated heterocycles. The van der Waals surface area contributed by atoms with Gasteiger partial charge in [-0.1, -0.05) is 29.8 Å². The summed E-state index contributed by atoms with van der Waals surface area (Å²) in [6.45, 7) is 7.34. The Labute approximate surface area is 123 Å². The maximum atomic E-state index is 5.76. The molecule has 2 rings (SSSR count). The number of nitrogens with one attached hydrogen (secondary N) is 1. The minimum Gasteiger partial charge on any atom is -0.497 e. The molecule has 1 fully saturated rings. The number of hydrogen-bond donors (Lipinski definition) is 1. The van der Waals surface area contributed by atoms with Crippen molar-refractivity contribution in [3.05, 3.63) is 22.7 Å². The van der Waals surface area contributed by atoms with Crippen molar-refractivity contribution in [2.24, 2.45) is 5.41 Å². The number of halogens is 1. The van der Waals surface area contributed by atoms with Gasteiger partial charge in [0.2, 0.25) is 0 Å². The lowest BCUT2D eigenvalue weighted by molar-refractivity contribution is -0.0975. The van der Waals surface area contributed by atoms with Crippen molar-refractivity contribution >= 4 is 21.6 Å². The molecule has 0 amide bonds. The van der Waals surface area contributed by atoms with E-state index < -0.39 is 0 Å². The van der Waals surface area contributed by atoms with E-state index in [1.165, 1.54) is 0 Å². The fraction of sp³-hybridized carbons (Fsp3) is 0.600. The van der Waals surface area contributed by atoms with E-state index in [1.807, 2.05) is 12.1 Å². The van der Waals surface area contributed by atoms with Crippen LogP contribution in [0, 0.1) is 5.41 Å². The zero-order chi connectivity index (χ0) is 14.0. The third-order valence-electron chi connectivity index (χ3n) is 3.99. The molecule has 1 aromatic carbocycles. The summed E-state index contributed by atoms with van der Waals surface area (Å²) in [7, 11) is 1.68. The first-order valence-electron chi connectivity index (χ1n) is 6.70. The Bertz CT molecular complexity index is 448. The molecule has 1 N–H and O–H groups in total. The van der Waals surface area contributed by atoms with Crippen LogP contribution in [0.15, 0.2) is 22.7 Å². The van der Waals surface area contributed by atoms with Gasteiger partial charge in [0.15, 0.2) is 0 Å². The highest BCUT2D eigenvalue weighted by molar-refractivity contribution is 9.10. The molecule has 2 atom stereocenters. The summed E-state index contributed by atoms with van der Waals surface area (Å²) in [4.78, 5) is 0. The van der Waals surface area contributed by atoms with Crippen molar-refractivity contribution in [1.82, 2.24) is 0 Å². The number of anilines is 1. The van der Waals surface area contributed by atoms with Crippen molar-refractivity contribution in [2.75, 3.05) is 19.0 Å². The quantitative estimate of drug-likeness (QED) is 0.884. The van der Waals surface area contributed by atoms with Gasteiger partial charge in [-0.05, 0) is 25.5 Å². The van der Waals surface area contributed by atoms with E-state index in [0.29, 0.717) is 12.1 Å². The van der Waals surface area contributed by atoms with Gasteiger partial charge in [-0.15, -0.1) is 0 Å². The molecule has 4 heteroatoms. The lowest BCUT2D eigenvalue weighted by atomic mass is 9.64. The fourth-order valence-electron chi connectivity index (χ4n) is 2.58. The lowest BCUT2D eigenvalue weighted by Gasteiger charge is -2.52. The molecule has 0 spiro atoms. The van der Waals surface area contributed by atoms with Crippen molar-refractivity contribution in [3.63, 3.8) is 0 Å². The average Bonchev–Trinajstić information content (AvgIpc) is 2.37. The third-order valence-corrected chi connectivity index (χ3v) is 4.45. The van der Waals surface area contributed by atoms with Crippen LogP contribution in [-0.4, -0.2) is 25.9 Å². The van der Waals surface area contributed by atoms with Crippen LogP contribution in [-0.2, 0) is 4.74 Å². The third kappa shape index (κ3) is 3.06. The molecule has 3 nitrogen and oxygen atoms in total. The molecular formula is C15H22BrNO2. The number of hydrogen-bond acceptors (Lipinski definition) is 3. The van der Waals surface area contributed by atoms with Crippen molar-refractivity contribution in [3.8, 4) is 5.75 Å². The van der Waals surface area contributed by atoms with Crippen LogP contribution in [0.5, 0.6) is 5.75 Å². The first kappa shape index (κ1) is 14.7. The Kier molecular flexibility index (Phi) is 4.41. The van der Waals surface area contributed by atoms with Gasteiger partial charge in [-0.3, -0.25) is 0 Å². The number of methoxy groups -OCH3 is 1. The zero-order valence-corrected chi connectivity index (χ0v) is 13.6. The summed E-state index contributed by atoms with van der Waals surface area (Å²) in [5.41, 5.74) is 1.24. The SMILES string of the molecule is CCOC1CC(Nc2cc(Br)cc(OC)c2)C1(C)C. The topological polar surface area (TPSA) is 30.5 Å². The second-order valence-corrected chi connectivity index (χ2v) is 6.49. The van der Waals surface area contributed by atoms with Gasteiger partial charge in [0.1, 0.15) is 5.75 Å². The van der Waals surface area contributed by atoms with E-state index in [2.05, 4.69) is 48.1 Å². The lowest BCUT2D eigenvalue weighted by Crippen LogP contribution is -2.58. The molecule has 2 unspecified atom stereocenters. The van der Waals surface area contributed by atoms with E-state index in [9.17, 15) is 0 Å². The van der Waals surface area contributed by atoms with Gasteiger partial charge in [-0.2, -0.15) is 0 Å². The molecule has 1 aliphatic carbocycles. The van der Waals surface area contributed by atoms with Crippen LogP contribution in [0.3, 0.4) is 0 Å². The van der Waals surface area contributed by atoms with Gasteiger partial charge in [0.05, 0.1) is 13.2 Å². The maximum Gasteiger partial charge on any atom is 0.122 e. The normalized spacial score (nSPS) is 24.7. The first-order valence-corrected chi connectivity index (χ1v) is 7.49. The predicted molar refractivity (Wildman–Crippen MR) is 81.9 cm³/mol. The number of benzene rings is 1. The summed E-state index contributed by atoms with van der Waals surface area (Å²) in [5, 5.41) is 3.58. The van der Waals surface area contributed by atoms with E-state index in [-0.39, 0.29) is 5.41 Å². The van der Waals surface area contributed by atoms with Crippen LogP contribution in [0.1, 0.15) is 27.2 Å². The van der Waals surface area contributed by atoms with Gasteiger partial charge < -0.3 is 14.8 Å². The number of rotatable bonds is 5. The van der Waals surface area contributed by atoms with E-state index in [1.54, 1.807) is 7.11 Å². The molecule has 106 valence electrons. The summed E-state index contributed by atoms with van der Waals surface area (Å²) in [6.07, 6.45) is 1.40. The Morgan fingerprint density at radius 2 is 2.11 bits per heavy atom. The zero-order valence-electron chi connectivity index (χ0n) is 12.0. The first-order chi connectivity index (χ1) is 8.97. The molecule has 0 aliphatic heterocycles. The Morgan fingerprint density at radius 1 is 1.37 bits per heavy atom. The van der Waals surface area contributed by atoms with Gasteiger partial charge in [0.25, 0.3) is 0 Å². The van der Waals surface area contributed by atoms with Crippen molar-refractivity contribution in [2.45, 2.75) is 39.3 Å². The van der Waals surface area contributed by atoms with Crippen LogP contribution in [0.2, 0.25) is 0 Å². The highest BCUT2D eigenvalue weighted by Gasteiger charge is 2.48. The minimum absolute atomic E-state index is 0.158. The predicted octanol–water partition coefficient (Wildman–Crippen LogP) is 4.07. The van der Waals surface area contributed by atoms with Gasteiger partial charge >= 0.3 is 0 Å². The second kappa shape index (κ2) is 5.71. The van der Waals surface area contributed by atoms with E-state index in [0.717, 1.165) is 28.9 Å². The highest BCUT2D eigenvalue weighted by atomic mass is 79.9. The molecule has 1 aromatic rings. The van der Waals surface area contributed by atoms with Crippen molar-refractivity contribution in [1.29, 1.82) is 0 Å². The van der Waals surface area contributed by atoms with Crippen LogP contribution < -0.4 is 10.1 Å². The summed E-state index contributed by atoms with van der Waals surface area (Å²) >= 11 is 3.50. The summed E-state index contributed by atoms with van der Waals surface area (Å²) < 4.78 is 12.1. The number of ether oxygens (including phenoxy) is 2. The van der Waals surface area contributed by atoms with Crippen LogP contribution >= 0.6 is 15.9 Å². The van der Waals surface area contributed by atoms with E-state index >= 15 is 0 Å². The van der Waals surface area contributed by atoms with Crippen molar-refractivity contribution < 1.29 is 9.47 Å². The molecular weight excluding hydrogens is 306 g/mol. The van der Waals surface area contributed by atoms with Gasteiger partial charge in [0, 0.05) is 34.3 Å². The monoisotopic (exact) mass is 327 g/mol.